The Morgan fingerprint density at radius 2 is 1.55 bits per heavy atom. The number of hydrogen-bond acceptors (Lipinski definition) is 3. The van der Waals surface area contributed by atoms with Crippen molar-refractivity contribution in [3.05, 3.63) is 107 Å². The molecule has 3 aromatic rings. The monoisotopic (exact) mass is 530 g/mol. The lowest BCUT2D eigenvalue weighted by atomic mass is 9.87. The molecule has 3 aromatic carbocycles. The second-order valence-electron chi connectivity index (χ2n) is 11.1. The van der Waals surface area contributed by atoms with Crippen molar-refractivity contribution >= 4 is 17.6 Å². The van der Waals surface area contributed by atoms with Gasteiger partial charge < -0.3 is 10.0 Å². The first-order valence-electron chi connectivity index (χ1n) is 14.1. The van der Waals surface area contributed by atoms with Crippen LogP contribution in [-0.2, 0) is 11.2 Å². The van der Waals surface area contributed by atoms with Crippen molar-refractivity contribution in [2.45, 2.75) is 44.1 Å². The number of carboxylic acid groups (broad SMARTS) is 1. The summed E-state index contributed by atoms with van der Waals surface area (Å²) in [4.78, 5) is 17.3. The van der Waals surface area contributed by atoms with Gasteiger partial charge in [0, 0.05) is 30.6 Å². The number of carbonyl (C=O) groups is 1. The number of nitrogens with zero attached hydrogens (tertiary/aromatic N) is 2. The topological polar surface area (TPSA) is 43.8 Å². The van der Waals surface area contributed by atoms with Gasteiger partial charge in [0.1, 0.15) is 6.04 Å². The average molecular weight is 531 g/mol. The summed E-state index contributed by atoms with van der Waals surface area (Å²) >= 11 is 6.47. The molecule has 1 N–H and O–H groups in total. The minimum absolute atomic E-state index is 0.309. The number of likely N-dealkylation sites (tertiary alicyclic amines) is 2. The lowest BCUT2D eigenvalue weighted by Crippen LogP contribution is -2.39. The second kappa shape index (κ2) is 12.9. The van der Waals surface area contributed by atoms with Crippen LogP contribution in [0.2, 0.25) is 5.02 Å². The number of hydrogen-bond donors (Lipinski definition) is 1. The molecule has 2 heterocycles. The van der Waals surface area contributed by atoms with E-state index in [9.17, 15) is 9.90 Å². The molecule has 200 valence electrons. The molecule has 3 atom stereocenters. The third kappa shape index (κ3) is 6.66. The predicted octanol–water partition coefficient (Wildman–Crippen LogP) is 6.92. The maximum atomic E-state index is 12.5. The zero-order valence-electron chi connectivity index (χ0n) is 22.1. The Morgan fingerprint density at radius 1 is 0.895 bits per heavy atom. The fourth-order valence-electron chi connectivity index (χ4n) is 6.59. The number of piperidine rings is 1. The van der Waals surface area contributed by atoms with Crippen molar-refractivity contribution < 1.29 is 9.90 Å². The van der Waals surface area contributed by atoms with Gasteiger partial charge in [-0.1, -0.05) is 96.9 Å². The standard InChI is InChI=1S/C33H39ClN2O2/c34-31-17-8-7-16-29(31)32(33(37)38)36-23-28(30(24-36)27-14-5-2-6-15-27)22-35-20-18-26(19-21-35)13-9-12-25-10-3-1-4-11-25/h1-8,10-11,14-17,26,28,30,32H,9,12-13,18-24H2,(H,37,38). The summed E-state index contributed by atoms with van der Waals surface area (Å²) < 4.78 is 0. The van der Waals surface area contributed by atoms with Crippen LogP contribution in [0.3, 0.4) is 0 Å². The number of benzene rings is 3. The van der Waals surface area contributed by atoms with E-state index in [0.717, 1.165) is 38.6 Å². The van der Waals surface area contributed by atoms with E-state index in [0.29, 0.717) is 22.4 Å². The van der Waals surface area contributed by atoms with E-state index in [-0.39, 0.29) is 0 Å². The van der Waals surface area contributed by atoms with E-state index in [2.05, 4.69) is 70.5 Å². The van der Waals surface area contributed by atoms with Crippen LogP contribution < -0.4 is 0 Å². The summed E-state index contributed by atoms with van der Waals surface area (Å²) in [5, 5.41) is 10.8. The smallest absolute Gasteiger partial charge is 0.325 e. The molecule has 2 saturated heterocycles. The molecule has 0 aliphatic carbocycles. The Labute approximate surface area is 232 Å². The predicted molar refractivity (Wildman–Crippen MR) is 155 cm³/mol. The molecule has 2 fully saturated rings. The lowest BCUT2D eigenvalue weighted by Gasteiger charge is -2.35. The molecule has 2 aliphatic heterocycles. The van der Waals surface area contributed by atoms with Crippen LogP contribution in [0.25, 0.3) is 0 Å². The van der Waals surface area contributed by atoms with E-state index >= 15 is 0 Å². The van der Waals surface area contributed by atoms with Crippen molar-refractivity contribution in [3.63, 3.8) is 0 Å². The summed E-state index contributed by atoms with van der Waals surface area (Å²) in [5.74, 6) is 0.680. The van der Waals surface area contributed by atoms with Gasteiger partial charge in [-0.05, 0) is 73.4 Å². The Hall–Kier alpha value is -2.66. The number of aliphatic carboxylic acids is 1. The Kier molecular flexibility index (Phi) is 9.16. The molecule has 4 nitrogen and oxygen atoms in total. The van der Waals surface area contributed by atoms with Gasteiger partial charge in [0.25, 0.3) is 0 Å². The van der Waals surface area contributed by atoms with E-state index in [1.165, 1.54) is 43.2 Å². The fourth-order valence-corrected chi connectivity index (χ4v) is 6.83. The molecule has 0 aromatic heterocycles. The van der Waals surface area contributed by atoms with Crippen molar-refractivity contribution in [1.82, 2.24) is 9.80 Å². The van der Waals surface area contributed by atoms with E-state index in [1.807, 2.05) is 18.2 Å². The molecule has 38 heavy (non-hydrogen) atoms. The minimum atomic E-state index is -0.832. The maximum Gasteiger partial charge on any atom is 0.325 e. The Bertz CT molecular complexity index is 1160. The average Bonchev–Trinajstić information content (AvgIpc) is 3.35. The molecule has 3 unspecified atom stereocenters. The first kappa shape index (κ1) is 26.9. The summed E-state index contributed by atoms with van der Waals surface area (Å²) in [5.41, 5.74) is 3.43. The van der Waals surface area contributed by atoms with Gasteiger partial charge in [0.2, 0.25) is 0 Å². The van der Waals surface area contributed by atoms with Crippen molar-refractivity contribution in [3.8, 4) is 0 Å². The number of rotatable bonds is 10. The van der Waals surface area contributed by atoms with Gasteiger partial charge in [0.15, 0.2) is 0 Å². The number of aryl methyl sites for hydroxylation is 1. The van der Waals surface area contributed by atoms with Crippen molar-refractivity contribution in [1.29, 1.82) is 0 Å². The van der Waals surface area contributed by atoms with Gasteiger partial charge >= 0.3 is 5.97 Å². The van der Waals surface area contributed by atoms with Gasteiger partial charge in [0.05, 0.1) is 0 Å². The first-order valence-corrected chi connectivity index (χ1v) is 14.5. The zero-order chi connectivity index (χ0) is 26.3. The summed E-state index contributed by atoms with van der Waals surface area (Å²) in [6.45, 7) is 4.79. The normalized spacial score (nSPS) is 21.9. The van der Waals surface area contributed by atoms with Crippen LogP contribution in [0.5, 0.6) is 0 Å². The highest BCUT2D eigenvalue weighted by Crippen LogP contribution is 2.39. The third-order valence-corrected chi connectivity index (χ3v) is 8.96. The highest BCUT2D eigenvalue weighted by atomic mass is 35.5. The quantitative estimate of drug-likeness (QED) is 0.309. The minimum Gasteiger partial charge on any atom is -0.480 e. The summed E-state index contributed by atoms with van der Waals surface area (Å²) in [7, 11) is 0. The van der Waals surface area contributed by atoms with E-state index < -0.39 is 12.0 Å². The molecule has 5 heteroatoms. The first-order chi connectivity index (χ1) is 18.6. The lowest BCUT2D eigenvalue weighted by molar-refractivity contribution is -0.143. The molecular formula is C33H39ClN2O2. The van der Waals surface area contributed by atoms with Crippen molar-refractivity contribution in [2.24, 2.45) is 11.8 Å². The maximum absolute atomic E-state index is 12.5. The number of carboxylic acids is 1. The van der Waals surface area contributed by atoms with Crippen LogP contribution in [0.4, 0.5) is 0 Å². The third-order valence-electron chi connectivity index (χ3n) is 8.62. The van der Waals surface area contributed by atoms with Crippen LogP contribution in [0.1, 0.15) is 54.3 Å². The molecule has 0 saturated carbocycles. The van der Waals surface area contributed by atoms with Crippen LogP contribution in [-0.4, -0.2) is 53.6 Å². The molecular weight excluding hydrogens is 492 g/mol. The van der Waals surface area contributed by atoms with Crippen LogP contribution >= 0.6 is 11.6 Å². The van der Waals surface area contributed by atoms with Gasteiger partial charge in [-0.15, -0.1) is 0 Å². The second-order valence-corrected chi connectivity index (χ2v) is 11.5. The highest BCUT2D eigenvalue weighted by Gasteiger charge is 2.41. The summed E-state index contributed by atoms with van der Waals surface area (Å²) in [6.07, 6.45) is 6.27. The summed E-state index contributed by atoms with van der Waals surface area (Å²) in [6, 6.07) is 28.1. The Balaban J connectivity index is 1.22. The van der Waals surface area contributed by atoms with Gasteiger partial charge in [-0.3, -0.25) is 9.69 Å². The van der Waals surface area contributed by atoms with Crippen molar-refractivity contribution in [2.75, 3.05) is 32.7 Å². The van der Waals surface area contributed by atoms with Crippen LogP contribution in [0.15, 0.2) is 84.9 Å². The van der Waals surface area contributed by atoms with E-state index in [4.69, 9.17) is 11.6 Å². The van der Waals surface area contributed by atoms with Gasteiger partial charge in [-0.2, -0.15) is 0 Å². The molecule has 0 amide bonds. The van der Waals surface area contributed by atoms with Crippen LogP contribution in [0, 0.1) is 11.8 Å². The molecule has 5 rings (SSSR count). The SMILES string of the molecule is O=C(O)C(c1ccccc1Cl)N1CC(CN2CCC(CCCc3ccccc3)CC2)C(c2ccccc2)C1. The molecule has 0 bridgehead atoms. The number of halogens is 1. The highest BCUT2D eigenvalue weighted by molar-refractivity contribution is 6.31. The Morgan fingerprint density at radius 3 is 2.24 bits per heavy atom. The molecule has 0 spiro atoms. The largest absolute Gasteiger partial charge is 0.480 e. The molecule has 2 aliphatic rings. The van der Waals surface area contributed by atoms with Gasteiger partial charge in [-0.25, -0.2) is 0 Å². The molecule has 0 radical (unpaired) electrons. The zero-order valence-corrected chi connectivity index (χ0v) is 22.8. The van der Waals surface area contributed by atoms with E-state index in [1.54, 1.807) is 6.07 Å². The fraction of sp³-hybridized carbons (Fsp3) is 0.424.